The second-order valence-corrected chi connectivity index (χ2v) is 8.36. The van der Waals surface area contributed by atoms with Crippen molar-refractivity contribution in [1.82, 2.24) is 4.90 Å². The Bertz CT molecular complexity index is 1020. The maximum absolute atomic E-state index is 13.7. The summed E-state index contributed by atoms with van der Waals surface area (Å²) in [4.78, 5) is 30.6. The average molecular weight is 419 g/mol. The molecule has 2 aliphatic heterocycles. The van der Waals surface area contributed by atoms with Crippen LogP contribution in [0.5, 0.6) is 0 Å². The minimum Gasteiger partial charge on any atom is -0.378 e. The van der Waals surface area contributed by atoms with Crippen LogP contribution in [-0.2, 0) is 20.7 Å². The maximum atomic E-state index is 13.7. The van der Waals surface area contributed by atoms with E-state index in [1.165, 1.54) is 10.5 Å². The molecule has 0 atom stereocenters. The van der Waals surface area contributed by atoms with Crippen LogP contribution in [0.15, 0.2) is 48.2 Å². The third-order valence-corrected chi connectivity index (χ3v) is 6.05. The zero-order valence-corrected chi connectivity index (χ0v) is 18.6. The number of aryl methyl sites for hydroxylation is 3. The number of amides is 2. The summed E-state index contributed by atoms with van der Waals surface area (Å²) < 4.78 is 5.48. The van der Waals surface area contributed by atoms with Crippen molar-refractivity contribution >= 4 is 23.1 Å². The zero-order valence-electron chi connectivity index (χ0n) is 18.6. The normalized spacial score (nSPS) is 17.1. The van der Waals surface area contributed by atoms with Gasteiger partial charge in [0, 0.05) is 13.1 Å². The van der Waals surface area contributed by atoms with E-state index in [0.29, 0.717) is 43.3 Å². The molecule has 0 aliphatic carbocycles. The molecule has 0 N–H and O–H groups in total. The van der Waals surface area contributed by atoms with Gasteiger partial charge in [-0.15, -0.1) is 0 Å². The molecule has 0 radical (unpaired) electrons. The Morgan fingerprint density at radius 2 is 1.65 bits per heavy atom. The lowest BCUT2D eigenvalue weighted by Gasteiger charge is -2.29. The summed E-state index contributed by atoms with van der Waals surface area (Å²) in [6.07, 6.45) is 3.27. The zero-order chi connectivity index (χ0) is 22.0. The van der Waals surface area contributed by atoms with Gasteiger partial charge in [0.25, 0.3) is 11.8 Å². The summed E-state index contributed by atoms with van der Waals surface area (Å²) in [5.74, 6) is -0.497. The first-order valence-corrected chi connectivity index (χ1v) is 11.1. The minimum absolute atomic E-state index is 0.247. The average Bonchev–Trinajstić information content (AvgIpc) is 3.03. The number of hydrogen-bond acceptors (Lipinski definition) is 4. The summed E-state index contributed by atoms with van der Waals surface area (Å²) in [5.41, 5.74) is 5.80. The number of rotatable bonds is 6. The highest BCUT2D eigenvalue weighted by Gasteiger charge is 2.43. The smallest absolute Gasteiger partial charge is 0.282 e. The van der Waals surface area contributed by atoms with Crippen LogP contribution in [0.1, 0.15) is 42.0 Å². The van der Waals surface area contributed by atoms with Crippen LogP contribution >= 0.6 is 0 Å². The summed E-state index contributed by atoms with van der Waals surface area (Å²) in [7, 11) is 0. The molecular weight excluding hydrogens is 388 g/mol. The first-order valence-electron chi connectivity index (χ1n) is 11.1. The maximum Gasteiger partial charge on any atom is 0.282 e. The van der Waals surface area contributed by atoms with Crippen molar-refractivity contribution < 1.29 is 14.3 Å². The van der Waals surface area contributed by atoms with Gasteiger partial charge in [0.15, 0.2) is 0 Å². The third-order valence-electron chi connectivity index (χ3n) is 6.05. The van der Waals surface area contributed by atoms with Crippen molar-refractivity contribution in [3.8, 4) is 0 Å². The van der Waals surface area contributed by atoms with Crippen molar-refractivity contribution in [2.24, 2.45) is 0 Å². The number of nitrogens with zero attached hydrogens (tertiary/aromatic N) is 2. The fourth-order valence-corrected chi connectivity index (χ4v) is 4.36. The highest BCUT2D eigenvalue weighted by Crippen LogP contribution is 2.36. The Hall–Kier alpha value is -2.92. The second-order valence-electron chi connectivity index (χ2n) is 8.36. The molecule has 0 bridgehead atoms. The first kappa shape index (κ1) is 21.3. The van der Waals surface area contributed by atoms with E-state index < -0.39 is 0 Å². The number of imide groups is 1. The third kappa shape index (κ3) is 4.15. The van der Waals surface area contributed by atoms with Gasteiger partial charge in [0.1, 0.15) is 5.70 Å². The molecule has 31 heavy (non-hydrogen) atoms. The number of hydrogen-bond donors (Lipinski definition) is 0. The van der Waals surface area contributed by atoms with Crippen LogP contribution in [0.4, 0.5) is 5.69 Å². The molecule has 2 heterocycles. The number of anilines is 1. The second kappa shape index (κ2) is 9.06. The summed E-state index contributed by atoms with van der Waals surface area (Å²) in [6.45, 7) is 8.51. The standard InChI is InChI=1S/C26H30N2O3/c1-4-5-6-20-8-10-21(11-9-20)28-25(29)23(22-12-7-18(2)17-19(22)3)24(26(28)30)27-13-15-31-16-14-27/h7-12,17H,4-6,13-16H2,1-3H3. The van der Waals surface area contributed by atoms with Crippen molar-refractivity contribution in [1.29, 1.82) is 0 Å². The van der Waals surface area contributed by atoms with Crippen LogP contribution in [0, 0.1) is 13.8 Å². The van der Waals surface area contributed by atoms with Crippen molar-refractivity contribution in [3.63, 3.8) is 0 Å². The van der Waals surface area contributed by atoms with E-state index in [-0.39, 0.29) is 11.8 Å². The quantitative estimate of drug-likeness (QED) is 0.658. The summed E-state index contributed by atoms with van der Waals surface area (Å²) >= 11 is 0. The van der Waals surface area contributed by atoms with E-state index in [4.69, 9.17) is 4.74 Å². The molecule has 0 spiro atoms. The Morgan fingerprint density at radius 1 is 0.935 bits per heavy atom. The van der Waals surface area contributed by atoms with Gasteiger partial charge in [-0.3, -0.25) is 9.59 Å². The molecular formula is C26H30N2O3. The molecule has 5 heteroatoms. The van der Waals surface area contributed by atoms with Crippen LogP contribution in [0.3, 0.4) is 0 Å². The fraction of sp³-hybridized carbons (Fsp3) is 0.385. The molecule has 2 aromatic carbocycles. The van der Waals surface area contributed by atoms with Crippen LogP contribution in [-0.4, -0.2) is 43.0 Å². The highest BCUT2D eigenvalue weighted by atomic mass is 16.5. The molecule has 0 aromatic heterocycles. The van der Waals surface area contributed by atoms with Crippen molar-refractivity contribution in [2.75, 3.05) is 31.2 Å². The molecule has 162 valence electrons. The van der Waals surface area contributed by atoms with Crippen LogP contribution in [0.2, 0.25) is 0 Å². The summed E-state index contributed by atoms with van der Waals surface area (Å²) in [6, 6.07) is 13.8. The van der Waals surface area contributed by atoms with Gasteiger partial charge < -0.3 is 9.64 Å². The van der Waals surface area contributed by atoms with Crippen LogP contribution < -0.4 is 4.90 Å². The van der Waals surface area contributed by atoms with E-state index in [9.17, 15) is 9.59 Å². The van der Waals surface area contributed by atoms with Crippen molar-refractivity contribution in [2.45, 2.75) is 40.0 Å². The highest BCUT2D eigenvalue weighted by molar-refractivity contribution is 6.45. The number of morpholine rings is 1. The molecule has 2 aliphatic rings. The van der Waals surface area contributed by atoms with Gasteiger partial charge in [0.05, 0.1) is 24.5 Å². The largest absolute Gasteiger partial charge is 0.378 e. The number of carbonyl (C=O) groups excluding carboxylic acids is 2. The first-order chi connectivity index (χ1) is 15.0. The lowest BCUT2D eigenvalue weighted by molar-refractivity contribution is -0.121. The monoisotopic (exact) mass is 418 g/mol. The number of carbonyl (C=O) groups is 2. The molecule has 1 saturated heterocycles. The molecule has 0 saturated carbocycles. The Balaban J connectivity index is 1.75. The van der Waals surface area contributed by atoms with E-state index >= 15 is 0 Å². The van der Waals surface area contributed by atoms with Gasteiger partial charge in [0.2, 0.25) is 0 Å². The van der Waals surface area contributed by atoms with Crippen molar-refractivity contribution in [3.05, 3.63) is 70.4 Å². The molecule has 2 amide bonds. The molecule has 5 nitrogen and oxygen atoms in total. The van der Waals surface area contributed by atoms with E-state index in [1.807, 2.05) is 55.1 Å². The lowest BCUT2D eigenvalue weighted by Crippen LogP contribution is -2.40. The predicted octanol–water partition coefficient (Wildman–Crippen LogP) is 4.26. The Morgan fingerprint density at radius 3 is 2.29 bits per heavy atom. The Kier molecular flexibility index (Phi) is 6.23. The van der Waals surface area contributed by atoms with E-state index in [0.717, 1.165) is 36.0 Å². The minimum atomic E-state index is -0.250. The van der Waals surface area contributed by atoms with E-state index in [2.05, 4.69) is 13.0 Å². The predicted molar refractivity (Wildman–Crippen MR) is 123 cm³/mol. The molecule has 1 fully saturated rings. The SMILES string of the molecule is CCCCc1ccc(N2C(=O)C(c3ccc(C)cc3C)=C(N3CCOCC3)C2=O)cc1. The molecule has 0 unspecified atom stereocenters. The summed E-state index contributed by atoms with van der Waals surface area (Å²) in [5, 5.41) is 0. The molecule has 2 aromatic rings. The van der Waals surface area contributed by atoms with Gasteiger partial charge in [-0.2, -0.15) is 0 Å². The van der Waals surface area contributed by atoms with Gasteiger partial charge in [-0.1, -0.05) is 49.2 Å². The molecule has 4 rings (SSSR count). The van der Waals surface area contributed by atoms with Crippen LogP contribution in [0.25, 0.3) is 5.57 Å². The van der Waals surface area contributed by atoms with Gasteiger partial charge in [-0.25, -0.2) is 4.90 Å². The lowest BCUT2D eigenvalue weighted by atomic mass is 9.97. The number of unbranched alkanes of at least 4 members (excludes halogenated alkanes) is 1. The fourth-order valence-electron chi connectivity index (χ4n) is 4.36. The van der Waals surface area contributed by atoms with Gasteiger partial charge >= 0.3 is 0 Å². The number of benzene rings is 2. The topological polar surface area (TPSA) is 49.9 Å². The van der Waals surface area contributed by atoms with Gasteiger partial charge in [-0.05, 0) is 55.5 Å². The Labute approximate surface area is 184 Å². The number of ether oxygens (including phenoxy) is 1. The van der Waals surface area contributed by atoms with E-state index in [1.54, 1.807) is 0 Å².